The Morgan fingerprint density at radius 3 is 2.36 bits per heavy atom. The maximum atomic E-state index is 14.3. The standard InChI is InChI=1S/C39H44F6N8O4S.ClH/c1-37(2)35(57)52(27-11-7-24(19-46)29(18-27)38(40,41)42)36(58)53(37)26-9-5-23(6-10-26)4-3-15-50-16-17-51(31(21-50)39(43,44)45)22-33(55)48-25-8-13-30(47-20-25)28-12-14-32(54)49-34(28)56;/h7-8,11,13,18,20,23,26,28,31H,3-6,9-10,12,14-17,21-22H2,1-2H3,(H,48,55)(H,49,54,56);1H/t23?,26?,28?,31-;/m1./s1. The lowest BCUT2D eigenvalue weighted by Gasteiger charge is -2.42. The average molecular weight is 871 g/mol. The van der Waals surface area contributed by atoms with Crippen molar-refractivity contribution in [1.29, 1.82) is 5.26 Å². The minimum Gasteiger partial charge on any atom is -0.331 e. The van der Waals surface area contributed by atoms with E-state index < -0.39 is 65.2 Å². The van der Waals surface area contributed by atoms with Gasteiger partial charge in [0.2, 0.25) is 17.7 Å². The number of aromatic nitrogens is 1. The summed E-state index contributed by atoms with van der Waals surface area (Å²) in [5.74, 6) is -2.22. The number of thiocarbonyl (C=S) groups is 1. The molecule has 0 radical (unpaired) electrons. The second kappa shape index (κ2) is 18.1. The molecule has 2 N–H and O–H groups in total. The first-order valence-corrected chi connectivity index (χ1v) is 19.6. The molecule has 2 atom stereocenters. The van der Waals surface area contributed by atoms with Crippen LogP contribution in [0.4, 0.5) is 37.7 Å². The van der Waals surface area contributed by atoms with E-state index in [0.29, 0.717) is 50.4 Å². The summed E-state index contributed by atoms with van der Waals surface area (Å²) in [7, 11) is 0. The van der Waals surface area contributed by atoms with Crippen LogP contribution in [0.2, 0.25) is 0 Å². The Labute approximate surface area is 349 Å². The molecule has 0 bridgehead atoms. The van der Waals surface area contributed by atoms with Crippen molar-refractivity contribution in [3.05, 3.63) is 53.3 Å². The van der Waals surface area contributed by atoms with Gasteiger partial charge < -0.3 is 15.1 Å². The van der Waals surface area contributed by atoms with Crippen LogP contribution in [0.1, 0.15) is 88.0 Å². The fourth-order valence-electron chi connectivity index (χ4n) is 8.58. The Hall–Kier alpha value is -4.38. The molecule has 1 saturated carbocycles. The monoisotopic (exact) mass is 870 g/mol. The molecule has 2 aromatic rings. The first kappa shape index (κ1) is 45.7. The van der Waals surface area contributed by atoms with Crippen molar-refractivity contribution in [1.82, 2.24) is 25.0 Å². The van der Waals surface area contributed by atoms with Gasteiger partial charge in [-0.05, 0) is 114 Å². The van der Waals surface area contributed by atoms with Gasteiger partial charge in [0, 0.05) is 32.1 Å². The Kier molecular flexibility index (Phi) is 14.0. The molecule has 1 aliphatic carbocycles. The van der Waals surface area contributed by atoms with Crippen LogP contribution in [0.3, 0.4) is 0 Å². The number of nitrogens with one attached hydrogen (secondary N) is 2. The summed E-state index contributed by atoms with van der Waals surface area (Å²) in [5.41, 5.74) is -2.20. The van der Waals surface area contributed by atoms with Crippen LogP contribution in [-0.4, -0.2) is 105 Å². The normalized spacial score (nSPS) is 24.4. The van der Waals surface area contributed by atoms with Crippen molar-refractivity contribution < 1.29 is 45.5 Å². The van der Waals surface area contributed by atoms with Crippen molar-refractivity contribution in [2.24, 2.45) is 5.92 Å². The zero-order valence-electron chi connectivity index (χ0n) is 32.4. The van der Waals surface area contributed by atoms with E-state index in [0.717, 1.165) is 41.2 Å². The van der Waals surface area contributed by atoms with E-state index in [2.05, 4.69) is 15.6 Å². The number of nitriles is 1. The van der Waals surface area contributed by atoms with Gasteiger partial charge >= 0.3 is 12.4 Å². The number of benzene rings is 1. The molecule has 20 heteroatoms. The molecule has 59 heavy (non-hydrogen) atoms. The highest BCUT2D eigenvalue weighted by Crippen LogP contribution is 2.42. The van der Waals surface area contributed by atoms with Crippen LogP contribution in [0.25, 0.3) is 0 Å². The molecular formula is C39H45ClF6N8O4S. The molecular weight excluding hydrogens is 826 g/mol. The number of hydrogen-bond donors (Lipinski definition) is 2. The lowest BCUT2D eigenvalue weighted by Crippen LogP contribution is -2.60. The molecule has 320 valence electrons. The number of halogens is 7. The van der Waals surface area contributed by atoms with Crippen LogP contribution in [0.5, 0.6) is 0 Å². The first-order valence-electron chi connectivity index (χ1n) is 19.2. The third-order valence-electron chi connectivity index (χ3n) is 11.6. The first-order chi connectivity index (χ1) is 27.3. The Morgan fingerprint density at radius 2 is 1.75 bits per heavy atom. The van der Waals surface area contributed by atoms with Gasteiger partial charge in [0.25, 0.3) is 5.91 Å². The van der Waals surface area contributed by atoms with E-state index in [-0.39, 0.29) is 60.4 Å². The zero-order chi connectivity index (χ0) is 42.2. The number of rotatable bonds is 10. The molecule has 1 aromatic heterocycles. The van der Waals surface area contributed by atoms with Crippen molar-refractivity contribution in [2.75, 3.05) is 42.9 Å². The van der Waals surface area contributed by atoms with E-state index in [1.54, 1.807) is 35.8 Å². The van der Waals surface area contributed by atoms with E-state index in [9.17, 15) is 50.8 Å². The molecule has 4 amide bonds. The topological polar surface area (TPSA) is 142 Å². The van der Waals surface area contributed by atoms with E-state index in [1.807, 2.05) is 0 Å². The zero-order valence-corrected chi connectivity index (χ0v) is 34.0. The van der Waals surface area contributed by atoms with Gasteiger partial charge in [0.15, 0.2) is 5.11 Å². The predicted molar refractivity (Wildman–Crippen MR) is 210 cm³/mol. The molecule has 1 unspecified atom stereocenters. The largest absolute Gasteiger partial charge is 0.417 e. The predicted octanol–water partition coefficient (Wildman–Crippen LogP) is 6.15. The summed E-state index contributed by atoms with van der Waals surface area (Å²) in [6, 6.07) is 5.72. The highest BCUT2D eigenvalue weighted by Gasteiger charge is 2.53. The summed E-state index contributed by atoms with van der Waals surface area (Å²) in [6.07, 6.45) is -3.18. The number of amides is 4. The second-order valence-electron chi connectivity index (χ2n) is 15.9. The van der Waals surface area contributed by atoms with Gasteiger partial charge in [-0.15, -0.1) is 12.4 Å². The fraction of sp³-hybridized carbons (Fsp3) is 0.564. The van der Waals surface area contributed by atoms with Crippen LogP contribution in [0, 0.1) is 17.2 Å². The van der Waals surface area contributed by atoms with Crippen molar-refractivity contribution in [2.45, 2.75) is 101 Å². The van der Waals surface area contributed by atoms with Crippen molar-refractivity contribution >= 4 is 64.7 Å². The van der Waals surface area contributed by atoms with Gasteiger partial charge in [-0.3, -0.25) is 39.3 Å². The molecule has 6 rings (SSSR count). The molecule has 4 fully saturated rings. The lowest BCUT2D eigenvalue weighted by atomic mass is 9.82. The van der Waals surface area contributed by atoms with Crippen molar-refractivity contribution in [3.8, 4) is 6.07 Å². The van der Waals surface area contributed by atoms with Crippen LogP contribution in [-0.2, 0) is 25.4 Å². The number of hydrogen-bond acceptors (Lipinski definition) is 9. The number of anilines is 2. The SMILES string of the molecule is CC1(C)C(=O)N(c2ccc(C#N)c(C(F)(F)F)c2)C(=S)N1C1CCC(CCCN2CCN(CC(=O)Nc3ccc(C4CCC(=O)NC4=O)nc3)[C@@H](C(F)(F)F)C2)CC1.Cl. The van der Waals surface area contributed by atoms with Crippen LogP contribution < -0.4 is 15.5 Å². The maximum absolute atomic E-state index is 14.3. The molecule has 3 saturated heterocycles. The molecule has 3 aliphatic heterocycles. The van der Waals surface area contributed by atoms with Crippen molar-refractivity contribution in [3.63, 3.8) is 0 Å². The minimum atomic E-state index is -4.80. The Morgan fingerprint density at radius 1 is 1.03 bits per heavy atom. The summed E-state index contributed by atoms with van der Waals surface area (Å²) in [6.45, 7) is 3.47. The molecule has 1 aromatic carbocycles. The molecule has 0 spiro atoms. The highest BCUT2D eigenvalue weighted by atomic mass is 35.5. The number of carbonyl (C=O) groups is 4. The fourth-order valence-corrected chi connectivity index (χ4v) is 9.14. The average Bonchev–Trinajstić information content (AvgIpc) is 3.33. The number of pyridine rings is 1. The van der Waals surface area contributed by atoms with E-state index >= 15 is 0 Å². The Bertz CT molecular complexity index is 1970. The number of piperazine rings is 1. The number of imide groups is 1. The Balaban J connectivity index is 0.00000661. The molecule has 4 aliphatic rings. The maximum Gasteiger partial charge on any atom is 0.417 e. The number of nitrogens with zero attached hydrogens (tertiary/aromatic N) is 6. The van der Waals surface area contributed by atoms with Gasteiger partial charge in [-0.2, -0.15) is 31.6 Å². The lowest BCUT2D eigenvalue weighted by molar-refractivity contribution is -0.197. The minimum absolute atomic E-state index is 0. The van der Waals surface area contributed by atoms with Crippen LogP contribution in [0.15, 0.2) is 36.5 Å². The highest BCUT2D eigenvalue weighted by molar-refractivity contribution is 7.80. The number of alkyl halides is 6. The summed E-state index contributed by atoms with van der Waals surface area (Å²) in [4.78, 5) is 60.0. The van der Waals surface area contributed by atoms with Gasteiger partial charge in [0.05, 0.1) is 52.9 Å². The second-order valence-corrected chi connectivity index (χ2v) is 16.2. The third-order valence-corrected chi connectivity index (χ3v) is 12.0. The third kappa shape index (κ3) is 10.2. The summed E-state index contributed by atoms with van der Waals surface area (Å²) >= 11 is 5.70. The van der Waals surface area contributed by atoms with E-state index in [1.165, 1.54) is 18.3 Å². The molecule has 12 nitrogen and oxygen atoms in total. The summed E-state index contributed by atoms with van der Waals surface area (Å²) < 4.78 is 83.9. The van der Waals surface area contributed by atoms with Gasteiger partial charge in [-0.1, -0.05) is 0 Å². The quantitative estimate of drug-likeness (QED) is 0.162. The number of piperidine rings is 1. The van der Waals surface area contributed by atoms with Gasteiger partial charge in [0.1, 0.15) is 11.6 Å². The number of carbonyl (C=O) groups excluding carboxylic acids is 4. The van der Waals surface area contributed by atoms with E-state index in [4.69, 9.17) is 12.2 Å². The molecule has 4 heterocycles. The van der Waals surface area contributed by atoms with Crippen LogP contribution >= 0.6 is 24.6 Å². The summed E-state index contributed by atoms with van der Waals surface area (Å²) in [5, 5.41) is 14.1. The van der Waals surface area contributed by atoms with Gasteiger partial charge in [-0.25, -0.2) is 0 Å². The smallest absolute Gasteiger partial charge is 0.331 e.